The molecule has 0 aromatic heterocycles. The molecular formula is C16H20O4. The van der Waals surface area contributed by atoms with Gasteiger partial charge in [-0.1, -0.05) is 24.3 Å². The minimum Gasteiger partial charge on any atom is -0.251 e. The fourth-order valence-electron chi connectivity index (χ4n) is 2.10. The third kappa shape index (κ3) is 2.69. The van der Waals surface area contributed by atoms with Crippen LogP contribution in [0.5, 0.6) is 0 Å². The Balaban J connectivity index is 2.56. The second-order valence-electron chi connectivity index (χ2n) is 5.98. The zero-order valence-corrected chi connectivity index (χ0v) is 12.2. The lowest BCUT2D eigenvalue weighted by Crippen LogP contribution is -2.20. The summed E-state index contributed by atoms with van der Waals surface area (Å²) >= 11 is 0. The predicted octanol–water partition coefficient (Wildman–Crippen LogP) is 4.29. The molecule has 0 saturated carbocycles. The third-order valence-electron chi connectivity index (χ3n) is 3.69. The summed E-state index contributed by atoms with van der Waals surface area (Å²) in [7, 11) is 0. The van der Waals surface area contributed by atoms with E-state index in [0.717, 1.165) is 21.9 Å². The number of hydrogen-bond acceptors (Lipinski definition) is 4. The Labute approximate surface area is 118 Å². The van der Waals surface area contributed by atoms with E-state index in [9.17, 15) is 0 Å². The molecule has 0 fully saturated rings. The first-order valence-corrected chi connectivity index (χ1v) is 6.50. The van der Waals surface area contributed by atoms with Gasteiger partial charge in [0.1, 0.15) is 11.2 Å². The molecule has 108 valence electrons. The Kier molecular flexibility index (Phi) is 3.84. The van der Waals surface area contributed by atoms with Crippen molar-refractivity contribution in [3.05, 3.63) is 47.5 Å². The van der Waals surface area contributed by atoms with Crippen molar-refractivity contribution in [2.24, 2.45) is 0 Å². The normalized spacial score (nSPS) is 12.9. The van der Waals surface area contributed by atoms with Crippen LogP contribution in [-0.2, 0) is 21.0 Å². The summed E-state index contributed by atoms with van der Waals surface area (Å²) in [6.45, 7) is 7.16. The summed E-state index contributed by atoms with van der Waals surface area (Å²) in [5, 5.41) is 20.0. The van der Waals surface area contributed by atoms with Gasteiger partial charge in [0, 0.05) is 0 Å². The molecule has 2 rings (SSSR count). The van der Waals surface area contributed by atoms with Crippen molar-refractivity contribution in [3.8, 4) is 0 Å². The van der Waals surface area contributed by atoms with E-state index < -0.39 is 11.2 Å². The maximum absolute atomic E-state index is 8.99. The number of benzene rings is 2. The van der Waals surface area contributed by atoms with E-state index in [1.165, 1.54) is 0 Å². The van der Waals surface area contributed by atoms with Gasteiger partial charge in [-0.05, 0) is 61.7 Å². The van der Waals surface area contributed by atoms with E-state index in [1.54, 1.807) is 27.7 Å². The van der Waals surface area contributed by atoms with Gasteiger partial charge in [-0.3, -0.25) is 10.5 Å². The zero-order chi connectivity index (χ0) is 15.0. The van der Waals surface area contributed by atoms with Crippen LogP contribution >= 0.6 is 0 Å². The van der Waals surface area contributed by atoms with Crippen LogP contribution < -0.4 is 0 Å². The second kappa shape index (κ2) is 5.14. The Morgan fingerprint density at radius 1 is 0.700 bits per heavy atom. The van der Waals surface area contributed by atoms with E-state index >= 15 is 0 Å². The van der Waals surface area contributed by atoms with Crippen molar-refractivity contribution in [3.63, 3.8) is 0 Å². The van der Waals surface area contributed by atoms with Crippen LogP contribution in [0.15, 0.2) is 36.4 Å². The first kappa shape index (κ1) is 14.9. The molecule has 0 saturated heterocycles. The van der Waals surface area contributed by atoms with Gasteiger partial charge in [-0.2, -0.15) is 0 Å². The molecule has 4 nitrogen and oxygen atoms in total. The van der Waals surface area contributed by atoms with E-state index in [1.807, 2.05) is 36.4 Å². The summed E-state index contributed by atoms with van der Waals surface area (Å²) in [6.07, 6.45) is 0. The zero-order valence-electron chi connectivity index (χ0n) is 12.2. The second-order valence-corrected chi connectivity index (χ2v) is 5.98. The molecule has 20 heavy (non-hydrogen) atoms. The topological polar surface area (TPSA) is 58.9 Å². The Morgan fingerprint density at radius 3 is 1.45 bits per heavy atom. The summed E-state index contributed by atoms with van der Waals surface area (Å²) in [5.41, 5.74) is 0.195. The van der Waals surface area contributed by atoms with Gasteiger partial charge in [0.15, 0.2) is 0 Å². The Bertz CT molecular complexity index is 566. The molecule has 0 atom stereocenters. The SMILES string of the molecule is CC(C)(OO)c1ccc2ccc(C(C)(C)OO)cc2c1. The van der Waals surface area contributed by atoms with Crippen LogP contribution in [0.4, 0.5) is 0 Å². The summed E-state index contributed by atoms with van der Waals surface area (Å²) < 4.78 is 0. The average molecular weight is 276 g/mol. The highest BCUT2D eigenvalue weighted by Crippen LogP contribution is 2.30. The number of hydrogen-bond donors (Lipinski definition) is 2. The lowest BCUT2D eigenvalue weighted by molar-refractivity contribution is -0.318. The smallest absolute Gasteiger partial charge is 0.123 e. The summed E-state index contributed by atoms with van der Waals surface area (Å²) in [5.74, 6) is 0. The van der Waals surface area contributed by atoms with Crippen molar-refractivity contribution in [2.75, 3.05) is 0 Å². The highest BCUT2D eigenvalue weighted by molar-refractivity contribution is 5.84. The summed E-state index contributed by atoms with van der Waals surface area (Å²) in [6, 6.07) is 11.7. The average Bonchev–Trinajstić information content (AvgIpc) is 2.46. The third-order valence-corrected chi connectivity index (χ3v) is 3.69. The molecular weight excluding hydrogens is 256 g/mol. The van der Waals surface area contributed by atoms with Crippen molar-refractivity contribution in [1.29, 1.82) is 0 Å². The van der Waals surface area contributed by atoms with Crippen LogP contribution in [0.3, 0.4) is 0 Å². The first-order chi connectivity index (χ1) is 9.30. The molecule has 0 heterocycles. The molecule has 0 unspecified atom stereocenters. The fraction of sp³-hybridized carbons (Fsp3) is 0.375. The van der Waals surface area contributed by atoms with E-state index in [2.05, 4.69) is 9.78 Å². The van der Waals surface area contributed by atoms with Crippen molar-refractivity contribution >= 4 is 10.8 Å². The van der Waals surface area contributed by atoms with Gasteiger partial charge in [-0.25, -0.2) is 9.78 Å². The lowest BCUT2D eigenvalue weighted by Gasteiger charge is -2.23. The summed E-state index contributed by atoms with van der Waals surface area (Å²) in [4.78, 5) is 9.05. The minimum atomic E-state index is -0.771. The van der Waals surface area contributed by atoms with Crippen LogP contribution in [0.25, 0.3) is 10.8 Å². The molecule has 0 aliphatic rings. The fourth-order valence-corrected chi connectivity index (χ4v) is 2.10. The van der Waals surface area contributed by atoms with Crippen LogP contribution in [0.1, 0.15) is 38.8 Å². The molecule has 2 aromatic rings. The number of fused-ring (bicyclic) bond motifs is 1. The lowest BCUT2D eigenvalue weighted by atomic mass is 9.92. The minimum absolute atomic E-state index is 0.771. The van der Waals surface area contributed by atoms with Gasteiger partial charge < -0.3 is 0 Å². The molecule has 0 aliphatic carbocycles. The van der Waals surface area contributed by atoms with Gasteiger partial charge in [0.2, 0.25) is 0 Å². The quantitative estimate of drug-likeness (QED) is 0.646. The van der Waals surface area contributed by atoms with Crippen LogP contribution in [-0.4, -0.2) is 10.5 Å². The van der Waals surface area contributed by atoms with Crippen molar-refractivity contribution in [2.45, 2.75) is 38.9 Å². The van der Waals surface area contributed by atoms with E-state index in [-0.39, 0.29) is 0 Å². The van der Waals surface area contributed by atoms with Crippen LogP contribution in [0, 0.1) is 0 Å². The highest BCUT2D eigenvalue weighted by Gasteiger charge is 2.24. The van der Waals surface area contributed by atoms with Gasteiger partial charge in [-0.15, -0.1) is 0 Å². The van der Waals surface area contributed by atoms with E-state index in [0.29, 0.717) is 0 Å². The monoisotopic (exact) mass is 276 g/mol. The van der Waals surface area contributed by atoms with Crippen molar-refractivity contribution in [1.82, 2.24) is 0 Å². The molecule has 4 heteroatoms. The molecule has 2 N–H and O–H groups in total. The van der Waals surface area contributed by atoms with Gasteiger partial charge >= 0.3 is 0 Å². The standard InChI is InChI=1S/C16H20O4/c1-15(2,19-17)13-7-5-11-6-8-14(10-12(11)9-13)16(3,4)20-18/h5-10,17-18H,1-4H3. The first-order valence-electron chi connectivity index (χ1n) is 6.50. The molecule has 2 aromatic carbocycles. The molecule has 0 amide bonds. The molecule has 0 spiro atoms. The van der Waals surface area contributed by atoms with Gasteiger partial charge in [0.25, 0.3) is 0 Å². The predicted molar refractivity (Wildman–Crippen MR) is 77.4 cm³/mol. The van der Waals surface area contributed by atoms with E-state index in [4.69, 9.17) is 10.5 Å². The van der Waals surface area contributed by atoms with Gasteiger partial charge in [0.05, 0.1) is 0 Å². The molecule has 0 radical (unpaired) electrons. The van der Waals surface area contributed by atoms with Crippen molar-refractivity contribution < 1.29 is 20.3 Å². The largest absolute Gasteiger partial charge is 0.251 e. The molecule has 0 aliphatic heterocycles. The molecule has 0 bridgehead atoms. The maximum Gasteiger partial charge on any atom is 0.123 e. The number of rotatable bonds is 4. The maximum atomic E-state index is 8.99. The Morgan fingerprint density at radius 2 is 1.10 bits per heavy atom. The van der Waals surface area contributed by atoms with Crippen LogP contribution in [0.2, 0.25) is 0 Å². The Hall–Kier alpha value is -1.46. The highest BCUT2D eigenvalue weighted by atomic mass is 17.1.